The quantitative estimate of drug-likeness (QED) is 0.883. The van der Waals surface area contributed by atoms with Crippen LogP contribution in [-0.4, -0.2) is 30.1 Å². The number of carbonyl (C=O) groups excluding carboxylic acids is 2. The predicted molar refractivity (Wildman–Crippen MR) is 85.7 cm³/mol. The summed E-state index contributed by atoms with van der Waals surface area (Å²) in [5, 5.41) is 6.60. The lowest BCUT2D eigenvalue weighted by Crippen LogP contribution is -2.37. The summed E-state index contributed by atoms with van der Waals surface area (Å²) in [5.41, 5.74) is 0.550. The number of aromatic nitrogens is 1. The van der Waals surface area contributed by atoms with Crippen LogP contribution in [0.15, 0.2) is 39.3 Å². The first-order valence-electron chi connectivity index (χ1n) is 6.73. The molecule has 0 aliphatic rings. The van der Waals surface area contributed by atoms with Crippen molar-refractivity contribution >= 4 is 33.6 Å². The molecule has 1 heterocycles. The summed E-state index contributed by atoms with van der Waals surface area (Å²) in [5.74, 6) is 0.703. The molecule has 2 amide bonds. The lowest BCUT2D eigenvalue weighted by molar-refractivity contribution is -0.116. The lowest BCUT2D eigenvalue weighted by Gasteiger charge is -2.17. The third kappa shape index (κ3) is 3.94. The molecule has 1 N–H and O–H groups in total. The van der Waals surface area contributed by atoms with E-state index in [0.29, 0.717) is 30.2 Å². The second-order valence-corrected chi connectivity index (χ2v) is 5.56. The van der Waals surface area contributed by atoms with Crippen LogP contribution in [-0.2, 0) is 4.79 Å². The Hall–Kier alpha value is -2.15. The summed E-state index contributed by atoms with van der Waals surface area (Å²) in [6, 6.07) is 8.83. The minimum absolute atomic E-state index is 0.163. The van der Waals surface area contributed by atoms with Crippen molar-refractivity contribution in [2.24, 2.45) is 0 Å². The third-order valence-corrected chi connectivity index (χ3v) is 3.70. The molecule has 0 radical (unpaired) electrons. The molecule has 0 fully saturated rings. The van der Waals surface area contributed by atoms with Crippen molar-refractivity contribution in [3.8, 4) is 0 Å². The van der Waals surface area contributed by atoms with Crippen LogP contribution in [0.3, 0.4) is 0 Å². The SMILES string of the molecule is CC(=O)N(CCNC(=O)c1ccccc1Br)c1cc(C)on1. The van der Waals surface area contributed by atoms with Gasteiger partial charge in [-0.05, 0) is 35.0 Å². The second-order valence-electron chi connectivity index (χ2n) is 4.70. The first kappa shape index (κ1) is 16.2. The van der Waals surface area contributed by atoms with Crippen molar-refractivity contribution in [1.82, 2.24) is 10.5 Å². The zero-order valence-corrected chi connectivity index (χ0v) is 13.9. The zero-order valence-electron chi connectivity index (χ0n) is 12.3. The Morgan fingerprint density at radius 2 is 2.09 bits per heavy atom. The molecule has 2 rings (SSSR count). The number of aryl methyl sites for hydroxylation is 1. The van der Waals surface area contributed by atoms with E-state index in [4.69, 9.17) is 4.52 Å². The highest BCUT2D eigenvalue weighted by molar-refractivity contribution is 9.10. The zero-order chi connectivity index (χ0) is 16.1. The highest BCUT2D eigenvalue weighted by Crippen LogP contribution is 2.16. The van der Waals surface area contributed by atoms with E-state index < -0.39 is 0 Å². The molecule has 0 saturated heterocycles. The number of amides is 2. The van der Waals surface area contributed by atoms with Gasteiger partial charge in [0, 0.05) is 30.6 Å². The Morgan fingerprint density at radius 1 is 1.36 bits per heavy atom. The van der Waals surface area contributed by atoms with Gasteiger partial charge in [-0.1, -0.05) is 17.3 Å². The van der Waals surface area contributed by atoms with E-state index >= 15 is 0 Å². The van der Waals surface area contributed by atoms with Gasteiger partial charge in [-0.2, -0.15) is 0 Å². The van der Waals surface area contributed by atoms with E-state index in [1.807, 2.05) is 6.07 Å². The standard InChI is InChI=1S/C15H16BrN3O3/c1-10-9-14(18-22-10)19(11(2)20)8-7-17-15(21)12-5-3-4-6-13(12)16/h3-6,9H,7-8H2,1-2H3,(H,17,21). The van der Waals surface area contributed by atoms with Gasteiger partial charge in [-0.15, -0.1) is 0 Å². The molecule has 1 aromatic heterocycles. The molecule has 2 aromatic rings. The number of hydrogen-bond donors (Lipinski definition) is 1. The van der Waals surface area contributed by atoms with Crippen LogP contribution in [0.4, 0.5) is 5.82 Å². The van der Waals surface area contributed by atoms with Gasteiger partial charge in [0.05, 0.1) is 5.56 Å². The smallest absolute Gasteiger partial charge is 0.252 e. The fourth-order valence-corrected chi connectivity index (χ4v) is 2.40. The van der Waals surface area contributed by atoms with E-state index in [1.165, 1.54) is 11.8 Å². The summed E-state index contributed by atoms with van der Waals surface area (Å²) in [6.45, 7) is 3.83. The molecule has 0 bridgehead atoms. The van der Waals surface area contributed by atoms with Crippen molar-refractivity contribution < 1.29 is 14.1 Å². The molecule has 0 saturated carbocycles. The molecule has 0 aliphatic heterocycles. The van der Waals surface area contributed by atoms with Gasteiger partial charge in [0.25, 0.3) is 5.91 Å². The Bertz CT molecular complexity index is 684. The minimum atomic E-state index is -0.202. The van der Waals surface area contributed by atoms with Gasteiger partial charge in [0.1, 0.15) is 5.76 Å². The number of benzene rings is 1. The average molecular weight is 366 g/mol. The highest BCUT2D eigenvalue weighted by atomic mass is 79.9. The number of halogens is 1. The van der Waals surface area contributed by atoms with Gasteiger partial charge >= 0.3 is 0 Å². The van der Waals surface area contributed by atoms with Crippen LogP contribution in [0, 0.1) is 6.92 Å². The van der Waals surface area contributed by atoms with Gasteiger partial charge < -0.3 is 9.84 Å². The van der Waals surface area contributed by atoms with Crippen molar-refractivity contribution in [3.63, 3.8) is 0 Å². The molecule has 7 heteroatoms. The molecule has 116 valence electrons. The van der Waals surface area contributed by atoms with Crippen LogP contribution in [0.25, 0.3) is 0 Å². The van der Waals surface area contributed by atoms with E-state index in [9.17, 15) is 9.59 Å². The Morgan fingerprint density at radius 3 is 2.68 bits per heavy atom. The molecular weight excluding hydrogens is 350 g/mol. The maximum atomic E-state index is 12.1. The molecular formula is C15H16BrN3O3. The fourth-order valence-electron chi connectivity index (χ4n) is 1.94. The van der Waals surface area contributed by atoms with Crippen LogP contribution < -0.4 is 10.2 Å². The predicted octanol–water partition coefficient (Wildman–Crippen LogP) is 2.53. The van der Waals surface area contributed by atoms with Gasteiger partial charge in [-0.3, -0.25) is 14.5 Å². The van der Waals surface area contributed by atoms with Crippen molar-refractivity contribution in [1.29, 1.82) is 0 Å². The number of anilines is 1. The van der Waals surface area contributed by atoms with Crippen molar-refractivity contribution in [2.75, 3.05) is 18.0 Å². The summed E-state index contributed by atoms with van der Waals surface area (Å²) >= 11 is 3.33. The van der Waals surface area contributed by atoms with Gasteiger partial charge in [0.15, 0.2) is 5.82 Å². The maximum Gasteiger partial charge on any atom is 0.252 e. The highest BCUT2D eigenvalue weighted by Gasteiger charge is 2.16. The molecule has 0 atom stereocenters. The number of carbonyl (C=O) groups is 2. The summed E-state index contributed by atoms with van der Waals surface area (Å²) < 4.78 is 5.70. The number of nitrogens with zero attached hydrogens (tertiary/aromatic N) is 2. The first-order chi connectivity index (χ1) is 10.5. The molecule has 1 aromatic carbocycles. The molecule has 22 heavy (non-hydrogen) atoms. The van der Waals surface area contributed by atoms with E-state index in [1.54, 1.807) is 31.2 Å². The largest absolute Gasteiger partial charge is 0.360 e. The second kappa shape index (κ2) is 7.22. The van der Waals surface area contributed by atoms with Crippen LogP contribution in [0.5, 0.6) is 0 Å². The van der Waals surface area contributed by atoms with Gasteiger partial charge in [-0.25, -0.2) is 0 Å². The Kier molecular flexibility index (Phi) is 5.32. The summed E-state index contributed by atoms with van der Waals surface area (Å²) in [7, 11) is 0. The first-order valence-corrected chi connectivity index (χ1v) is 7.52. The van der Waals surface area contributed by atoms with Crippen LogP contribution in [0.1, 0.15) is 23.0 Å². The monoisotopic (exact) mass is 365 g/mol. The number of hydrogen-bond acceptors (Lipinski definition) is 4. The lowest BCUT2D eigenvalue weighted by atomic mass is 10.2. The topological polar surface area (TPSA) is 75.4 Å². The summed E-state index contributed by atoms with van der Waals surface area (Å²) in [4.78, 5) is 25.2. The normalized spacial score (nSPS) is 10.3. The minimum Gasteiger partial charge on any atom is -0.360 e. The number of nitrogens with one attached hydrogen (secondary N) is 1. The van der Waals surface area contributed by atoms with E-state index in [-0.39, 0.29) is 11.8 Å². The molecule has 6 nitrogen and oxygen atoms in total. The fraction of sp³-hybridized carbons (Fsp3) is 0.267. The number of rotatable bonds is 5. The molecule has 0 aliphatic carbocycles. The Labute approximate surface area is 136 Å². The van der Waals surface area contributed by atoms with Crippen LogP contribution >= 0.6 is 15.9 Å². The van der Waals surface area contributed by atoms with Crippen molar-refractivity contribution in [2.45, 2.75) is 13.8 Å². The molecule has 0 spiro atoms. The van der Waals surface area contributed by atoms with Crippen molar-refractivity contribution in [3.05, 3.63) is 46.1 Å². The Balaban J connectivity index is 1.95. The van der Waals surface area contributed by atoms with Crippen LogP contribution in [0.2, 0.25) is 0 Å². The third-order valence-electron chi connectivity index (χ3n) is 3.01. The average Bonchev–Trinajstić information content (AvgIpc) is 2.89. The maximum absolute atomic E-state index is 12.1. The van der Waals surface area contributed by atoms with E-state index in [0.717, 1.165) is 4.47 Å². The van der Waals surface area contributed by atoms with E-state index in [2.05, 4.69) is 26.4 Å². The summed E-state index contributed by atoms with van der Waals surface area (Å²) in [6.07, 6.45) is 0. The molecule has 0 unspecified atom stereocenters. The van der Waals surface area contributed by atoms with Gasteiger partial charge in [0.2, 0.25) is 5.91 Å².